The number of nitrogen functional groups attached to an aromatic ring is 2. The maximum absolute atomic E-state index is 5.94. The molecule has 4 nitrogen and oxygen atoms in total. The smallest absolute Gasteiger partial charge is 0.162 e. The zero-order valence-electron chi connectivity index (χ0n) is 8.50. The Kier molecular flexibility index (Phi) is 2.44. The van der Waals surface area contributed by atoms with Gasteiger partial charge in [0.1, 0.15) is 5.82 Å². The van der Waals surface area contributed by atoms with Crippen molar-refractivity contribution >= 4 is 28.8 Å². The van der Waals surface area contributed by atoms with Crippen molar-refractivity contribution in [2.75, 3.05) is 11.5 Å². The molecule has 0 radical (unpaired) electrons. The van der Waals surface area contributed by atoms with E-state index in [4.69, 9.17) is 23.1 Å². The molecule has 0 aromatic carbocycles. The molecule has 0 atom stereocenters. The third-order valence-electron chi connectivity index (χ3n) is 2.33. The van der Waals surface area contributed by atoms with Gasteiger partial charge < -0.3 is 11.5 Å². The number of fused-ring (bicyclic) bond motifs is 1. The van der Waals surface area contributed by atoms with E-state index in [0.717, 1.165) is 18.5 Å². The first-order valence-electron chi connectivity index (χ1n) is 4.85. The number of nitrogens with two attached hydrogens (primary N) is 2. The lowest BCUT2D eigenvalue weighted by atomic mass is 10.2. The second kappa shape index (κ2) is 3.62. The zero-order chi connectivity index (χ0) is 11.0. The van der Waals surface area contributed by atoms with Gasteiger partial charge in [-0.05, 0) is 12.5 Å². The molecular formula is C10H13ClN4. The average Bonchev–Trinajstić information content (AvgIpc) is 2.46. The molecule has 15 heavy (non-hydrogen) atoms. The van der Waals surface area contributed by atoms with Crippen molar-refractivity contribution in [3.05, 3.63) is 23.0 Å². The average molecular weight is 225 g/mol. The minimum atomic E-state index is 0.533. The summed E-state index contributed by atoms with van der Waals surface area (Å²) >= 11 is 5.94. The molecule has 80 valence electrons. The van der Waals surface area contributed by atoms with Crippen molar-refractivity contribution in [1.29, 1.82) is 0 Å². The number of aryl methyl sites for hydroxylation is 1. The molecule has 0 bridgehead atoms. The van der Waals surface area contributed by atoms with Crippen LogP contribution in [0.1, 0.15) is 19.0 Å². The number of aromatic nitrogens is 2. The first-order chi connectivity index (χ1) is 7.13. The second-order valence-electron chi connectivity index (χ2n) is 3.50. The fraction of sp³-hybridized carbons (Fsp3) is 0.300. The van der Waals surface area contributed by atoms with Gasteiger partial charge >= 0.3 is 0 Å². The van der Waals surface area contributed by atoms with Crippen molar-refractivity contribution in [3.63, 3.8) is 0 Å². The number of imidazole rings is 1. The van der Waals surface area contributed by atoms with Crippen LogP contribution < -0.4 is 11.5 Å². The van der Waals surface area contributed by atoms with E-state index in [0.29, 0.717) is 22.2 Å². The van der Waals surface area contributed by atoms with Crippen LogP contribution in [0.5, 0.6) is 0 Å². The molecule has 0 aliphatic rings. The number of nitrogens with zero attached hydrogens (tertiary/aromatic N) is 2. The van der Waals surface area contributed by atoms with E-state index in [2.05, 4.69) is 11.9 Å². The third-order valence-corrected chi connectivity index (χ3v) is 2.54. The van der Waals surface area contributed by atoms with E-state index >= 15 is 0 Å². The van der Waals surface area contributed by atoms with Gasteiger partial charge in [-0.3, -0.25) is 4.40 Å². The van der Waals surface area contributed by atoms with Gasteiger partial charge in [-0.25, -0.2) is 4.98 Å². The van der Waals surface area contributed by atoms with Crippen LogP contribution in [0.2, 0.25) is 5.02 Å². The van der Waals surface area contributed by atoms with Gasteiger partial charge in [0.05, 0.1) is 16.4 Å². The molecule has 0 saturated heterocycles. The summed E-state index contributed by atoms with van der Waals surface area (Å²) in [5.74, 6) is 0.533. The Balaban J connectivity index is 2.74. The van der Waals surface area contributed by atoms with Crippen LogP contribution in [0, 0.1) is 0 Å². The fourth-order valence-electron chi connectivity index (χ4n) is 1.69. The van der Waals surface area contributed by atoms with Crippen molar-refractivity contribution in [1.82, 2.24) is 9.38 Å². The van der Waals surface area contributed by atoms with E-state index in [9.17, 15) is 0 Å². The number of rotatable bonds is 2. The summed E-state index contributed by atoms with van der Waals surface area (Å²) < 4.78 is 1.87. The maximum Gasteiger partial charge on any atom is 0.162 e. The Morgan fingerprint density at radius 1 is 1.47 bits per heavy atom. The van der Waals surface area contributed by atoms with Crippen LogP contribution in [0.3, 0.4) is 0 Å². The topological polar surface area (TPSA) is 69.3 Å². The molecule has 0 amide bonds. The highest BCUT2D eigenvalue weighted by molar-refractivity contribution is 6.30. The number of hydrogen-bond acceptors (Lipinski definition) is 3. The van der Waals surface area contributed by atoms with E-state index < -0.39 is 0 Å². The van der Waals surface area contributed by atoms with Gasteiger partial charge in [0.2, 0.25) is 0 Å². The highest BCUT2D eigenvalue weighted by atomic mass is 35.5. The molecule has 0 unspecified atom stereocenters. The minimum Gasteiger partial charge on any atom is -0.396 e. The van der Waals surface area contributed by atoms with Crippen molar-refractivity contribution in [3.8, 4) is 0 Å². The van der Waals surface area contributed by atoms with Crippen LogP contribution in [0.15, 0.2) is 12.3 Å². The zero-order valence-corrected chi connectivity index (χ0v) is 9.25. The Labute approximate surface area is 92.8 Å². The van der Waals surface area contributed by atoms with Gasteiger partial charge in [0.25, 0.3) is 0 Å². The second-order valence-corrected chi connectivity index (χ2v) is 3.94. The minimum absolute atomic E-state index is 0.533. The lowest BCUT2D eigenvalue weighted by Gasteiger charge is -2.02. The van der Waals surface area contributed by atoms with Gasteiger partial charge in [0, 0.05) is 6.20 Å². The van der Waals surface area contributed by atoms with E-state index in [1.165, 1.54) is 0 Å². The lowest BCUT2D eigenvalue weighted by molar-refractivity contribution is 0.871. The highest BCUT2D eigenvalue weighted by Gasteiger charge is 2.11. The largest absolute Gasteiger partial charge is 0.396 e. The van der Waals surface area contributed by atoms with Gasteiger partial charge in [-0.1, -0.05) is 24.9 Å². The fourth-order valence-corrected chi connectivity index (χ4v) is 1.90. The van der Waals surface area contributed by atoms with Crippen LogP contribution >= 0.6 is 11.6 Å². The molecule has 0 fully saturated rings. The molecule has 0 spiro atoms. The summed E-state index contributed by atoms with van der Waals surface area (Å²) in [6, 6.07) is 1.68. The van der Waals surface area contributed by atoms with E-state index in [1.54, 1.807) is 12.3 Å². The molecule has 2 aromatic heterocycles. The normalized spacial score (nSPS) is 11.1. The molecule has 2 aromatic rings. The Hall–Kier alpha value is -1.42. The number of pyridine rings is 1. The standard InChI is InChI=1S/C10H13ClN4/c1-2-3-8-9(13)14-10-7(12)4-6(11)5-15(8)10/h4-5H,2-3,12-13H2,1H3. The summed E-state index contributed by atoms with van der Waals surface area (Å²) in [4.78, 5) is 4.23. The van der Waals surface area contributed by atoms with Gasteiger partial charge in [-0.2, -0.15) is 0 Å². The number of anilines is 2. The van der Waals surface area contributed by atoms with Crippen LogP contribution in [-0.2, 0) is 6.42 Å². The van der Waals surface area contributed by atoms with Crippen LogP contribution in [0.25, 0.3) is 5.65 Å². The SMILES string of the molecule is CCCc1c(N)nc2c(N)cc(Cl)cn12. The van der Waals surface area contributed by atoms with Crippen molar-refractivity contribution in [2.24, 2.45) is 0 Å². The molecular weight excluding hydrogens is 212 g/mol. The van der Waals surface area contributed by atoms with Crippen LogP contribution in [0.4, 0.5) is 11.5 Å². The Morgan fingerprint density at radius 2 is 2.20 bits per heavy atom. The van der Waals surface area contributed by atoms with Gasteiger partial charge in [0.15, 0.2) is 5.65 Å². The first kappa shape index (κ1) is 10.1. The monoisotopic (exact) mass is 224 g/mol. The molecule has 0 saturated carbocycles. The molecule has 0 aliphatic heterocycles. The number of halogens is 1. The summed E-state index contributed by atoms with van der Waals surface area (Å²) in [6.45, 7) is 2.09. The van der Waals surface area contributed by atoms with Crippen LogP contribution in [-0.4, -0.2) is 9.38 Å². The van der Waals surface area contributed by atoms with Gasteiger partial charge in [-0.15, -0.1) is 0 Å². The quantitative estimate of drug-likeness (QED) is 0.821. The predicted octanol–water partition coefficient (Wildman–Crippen LogP) is 2.10. The molecule has 0 aliphatic carbocycles. The maximum atomic E-state index is 5.94. The Morgan fingerprint density at radius 3 is 2.87 bits per heavy atom. The lowest BCUT2D eigenvalue weighted by Crippen LogP contribution is -1.97. The predicted molar refractivity (Wildman–Crippen MR) is 63.0 cm³/mol. The summed E-state index contributed by atoms with van der Waals surface area (Å²) in [7, 11) is 0. The highest BCUT2D eigenvalue weighted by Crippen LogP contribution is 2.24. The Bertz CT molecular complexity index is 504. The summed E-state index contributed by atoms with van der Waals surface area (Å²) in [6.07, 6.45) is 3.67. The first-order valence-corrected chi connectivity index (χ1v) is 5.22. The molecule has 4 N–H and O–H groups in total. The number of hydrogen-bond donors (Lipinski definition) is 2. The van der Waals surface area contributed by atoms with E-state index in [-0.39, 0.29) is 0 Å². The molecule has 2 heterocycles. The molecule has 5 heteroatoms. The molecule has 2 rings (SSSR count). The van der Waals surface area contributed by atoms with Crippen molar-refractivity contribution in [2.45, 2.75) is 19.8 Å². The van der Waals surface area contributed by atoms with Crippen molar-refractivity contribution < 1.29 is 0 Å². The summed E-state index contributed by atoms with van der Waals surface area (Å²) in [5.41, 5.74) is 13.8. The third kappa shape index (κ3) is 1.61. The van der Waals surface area contributed by atoms with E-state index in [1.807, 2.05) is 4.40 Å². The summed E-state index contributed by atoms with van der Waals surface area (Å²) in [5, 5.41) is 0.592.